The van der Waals surface area contributed by atoms with Gasteiger partial charge in [0.15, 0.2) is 15.8 Å². The Hall–Kier alpha value is -1.20. The first-order valence-corrected chi connectivity index (χ1v) is 10.8. The quantitative estimate of drug-likeness (QED) is 0.340. The molecule has 0 saturated heterocycles. The summed E-state index contributed by atoms with van der Waals surface area (Å²) in [5.74, 6) is 0.0709. The van der Waals surface area contributed by atoms with E-state index in [2.05, 4.69) is 15.6 Å². The second kappa shape index (κ2) is 10.8. The highest BCUT2D eigenvalue weighted by atomic mass is 127. The van der Waals surface area contributed by atoms with Gasteiger partial charge in [-0.3, -0.25) is 0 Å². The highest BCUT2D eigenvalue weighted by Gasteiger charge is 2.11. The molecule has 0 atom stereocenters. The molecule has 1 aromatic carbocycles. The third-order valence-corrected chi connectivity index (χ3v) is 5.06. The van der Waals surface area contributed by atoms with E-state index in [0.29, 0.717) is 30.2 Å². The van der Waals surface area contributed by atoms with Crippen LogP contribution in [0, 0.1) is 5.82 Å². The van der Waals surface area contributed by atoms with Gasteiger partial charge >= 0.3 is 0 Å². The average Bonchev–Trinajstić information content (AvgIpc) is 3.04. The molecule has 0 aliphatic heterocycles. The van der Waals surface area contributed by atoms with Crippen LogP contribution < -0.4 is 10.6 Å². The van der Waals surface area contributed by atoms with Gasteiger partial charge in [0, 0.05) is 17.7 Å². The number of benzene rings is 1. The maximum Gasteiger partial charge on any atom is 0.191 e. The SMILES string of the molecule is CCNC(=NCc1cc(F)ccc1CS(C)(=O)=O)NCc1cccs1.I. The molecule has 0 fully saturated rings. The molecule has 2 N–H and O–H groups in total. The molecule has 2 aromatic rings. The van der Waals surface area contributed by atoms with E-state index in [1.807, 2.05) is 24.4 Å². The van der Waals surface area contributed by atoms with Crippen molar-refractivity contribution in [2.24, 2.45) is 4.99 Å². The molecule has 0 radical (unpaired) electrons. The van der Waals surface area contributed by atoms with E-state index in [0.717, 1.165) is 6.26 Å². The molecule has 0 amide bonds. The van der Waals surface area contributed by atoms with Crippen molar-refractivity contribution >= 4 is 51.1 Å². The summed E-state index contributed by atoms with van der Waals surface area (Å²) in [5, 5.41) is 8.35. The van der Waals surface area contributed by atoms with Gasteiger partial charge in [-0.05, 0) is 41.6 Å². The zero-order chi connectivity index (χ0) is 18.3. The lowest BCUT2D eigenvalue weighted by atomic mass is 10.1. The van der Waals surface area contributed by atoms with Crippen molar-refractivity contribution in [2.75, 3.05) is 12.8 Å². The predicted molar refractivity (Wildman–Crippen MR) is 116 cm³/mol. The van der Waals surface area contributed by atoms with Crippen molar-refractivity contribution in [1.82, 2.24) is 10.6 Å². The summed E-state index contributed by atoms with van der Waals surface area (Å²) >= 11 is 1.65. The Morgan fingerprint density at radius 1 is 1.23 bits per heavy atom. The molecule has 144 valence electrons. The number of nitrogens with one attached hydrogen (secondary N) is 2. The molecule has 1 aromatic heterocycles. The Morgan fingerprint density at radius 3 is 2.62 bits per heavy atom. The Labute approximate surface area is 175 Å². The van der Waals surface area contributed by atoms with Crippen LogP contribution in [0.2, 0.25) is 0 Å². The van der Waals surface area contributed by atoms with Crippen LogP contribution in [0.15, 0.2) is 40.7 Å². The van der Waals surface area contributed by atoms with Crippen LogP contribution in [-0.2, 0) is 28.7 Å². The van der Waals surface area contributed by atoms with Crippen LogP contribution in [0.5, 0.6) is 0 Å². The third kappa shape index (κ3) is 8.00. The van der Waals surface area contributed by atoms with E-state index in [4.69, 9.17) is 0 Å². The van der Waals surface area contributed by atoms with Gasteiger partial charge in [0.05, 0.1) is 18.8 Å². The Morgan fingerprint density at radius 2 is 2.00 bits per heavy atom. The van der Waals surface area contributed by atoms with Gasteiger partial charge in [-0.2, -0.15) is 0 Å². The fraction of sp³-hybridized carbons (Fsp3) is 0.353. The first-order chi connectivity index (χ1) is 11.9. The third-order valence-electron chi connectivity index (χ3n) is 3.35. The zero-order valence-corrected chi connectivity index (χ0v) is 18.6. The fourth-order valence-corrected chi connectivity index (χ4v) is 3.75. The highest BCUT2D eigenvalue weighted by molar-refractivity contribution is 14.0. The summed E-state index contributed by atoms with van der Waals surface area (Å²) in [6.07, 6.45) is 1.16. The van der Waals surface area contributed by atoms with Crippen molar-refractivity contribution in [1.29, 1.82) is 0 Å². The largest absolute Gasteiger partial charge is 0.357 e. The number of guanidine groups is 1. The maximum absolute atomic E-state index is 13.6. The van der Waals surface area contributed by atoms with Crippen LogP contribution in [-0.4, -0.2) is 27.2 Å². The molecule has 5 nitrogen and oxygen atoms in total. The predicted octanol–water partition coefficient (Wildman–Crippen LogP) is 3.31. The Balaban J connectivity index is 0.00000338. The highest BCUT2D eigenvalue weighted by Crippen LogP contribution is 2.15. The number of hydrogen-bond donors (Lipinski definition) is 2. The minimum absolute atomic E-state index is 0. The summed E-state index contributed by atoms with van der Waals surface area (Å²) in [7, 11) is -3.20. The topological polar surface area (TPSA) is 70.6 Å². The lowest BCUT2D eigenvalue weighted by Crippen LogP contribution is -2.36. The molecule has 1 heterocycles. The van der Waals surface area contributed by atoms with E-state index in [1.165, 1.54) is 23.1 Å². The van der Waals surface area contributed by atoms with Crippen molar-refractivity contribution in [2.45, 2.75) is 25.8 Å². The first-order valence-electron chi connectivity index (χ1n) is 7.87. The van der Waals surface area contributed by atoms with Gasteiger partial charge in [0.1, 0.15) is 5.82 Å². The summed E-state index contributed by atoms with van der Waals surface area (Å²) < 4.78 is 36.7. The second-order valence-corrected chi connectivity index (χ2v) is 8.78. The smallest absolute Gasteiger partial charge is 0.191 e. The van der Waals surface area contributed by atoms with E-state index in [9.17, 15) is 12.8 Å². The number of sulfone groups is 1. The number of thiophene rings is 1. The summed E-state index contributed by atoms with van der Waals surface area (Å²) in [5.41, 5.74) is 1.14. The summed E-state index contributed by atoms with van der Waals surface area (Å²) in [6, 6.07) is 8.13. The molecule has 0 aliphatic rings. The molecular weight excluding hydrogens is 488 g/mol. The maximum atomic E-state index is 13.6. The summed E-state index contributed by atoms with van der Waals surface area (Å²) in [6.45, 7) is 3.49. The monoisotopic (exact) mass is 511 g/mol. The van der Waals surface area contributed by atoms with Gasteiger partial charge in [-0.25, -0.2) is 17.8 Å². The molecule has 0 spiro atoms. The molecule has 0 bridgehead atoms. The standard InChI is InChI=1S/C17H22FN3O2S2.HI/c1-3-19-17(21-11-16-5-4-8-24-16)20-10-14-9-15(18)7-6-13(14)12-25(2,22)23;/h4-9H,3,10-12H2,1-2H3,(H2,19,20,21);1H. The van der Waals surface area contributed by atoms with Crippen molar-refractivity contribution in [3.8, 4) is 0 Å². The van der Waals surface area contributed by atoms with Gasteiger partial charge in [0.2, 0.25) is 0 Å². The van der Waals surface area contributed by atoms with E-state index >= 15 is 0 Å². The molecule has 0 unspecified atom stereocenters. The lowest BCUT2D eigenvalue weighted by molar-refractivity contribution is 0.600. The van der Waals surface area contributed by atoms with Crippen molar-refractivity contribution < 1.29 is 12.8 Å². The van der Waals surface area contributed by atoms with E-state index in [-0.39, 0.29) is 36.3 Å². The number of aliphatic imine (C=N–C) groups is 1. The van der Waals surface area contributed by atoms with Crippen molar-refractivity contribution in [3.05, 3.63) is 57.5 Å². The minimum Gasteiger partial charge on any atom is -0.357 e. The van der Waals surface area contributed by atoms with E-state index in [1.54, 1.807) is 11.3 Å². The lowest BCUT2D eigenvalue weighted by Gasteiger charge is -2.12. The average molecular weight is 511 g/mol. The van der Waals surface area contributed by atoms with Crippen LogP contribution in [0.1, 0.15) is 22.9 Å². The van der Waals surface area contributed by atoms with Crippen molar-refractivity contribution in [3.63, 3.8) is 0 Å². The van der Waals surface area contributed by atoms with Gasteiger partial charge < -0.3 is 10.6 Å². The van der Waals surface area contributed by atoms with Gasteiger partial charge in [-0.15, -0.1) is 35.3 Å². The molecule has 26 heavy (non-hydrogen) atoms. The zero-order valence-electron chi connectivity index (χ0n) is 14.7. The number of halogens is 2. The van der Waals surface area contributed by atoms with Crippen LogP contribution in [0.25, 0.3) is 0 Å². The minimum atomic E-state index is -3.20. The first kappa shape index (κ1) is 22.8. The molecule has 0 saturated carbocycles. The van der Waals surface area contributed by atoms with Crippen LogP contribution >= 0.6 is 35.3 Å². The molecule has 2 rings (SSSR count). The Kier molecular flexibility index (Phi) is 9.51. The van der Waals surface area contributed by atoms with Crippen LogP contribution in [0.3, 0.4) is 0 Å². The molecule has 9 heteroatoms. The molecule has 0 aliphatic carbocycles. The number of hydrogen-bond acceptors (Lipinski definition) is 4. The van der Waals surface area contributed by atoms with Gasteiger partial charge in [0.25, 0.3) is 0 Å². The second-order valence-electron chi connectivity index (χ2n) is 5.61. The number of nitrogens with zero attached hydrogens (tertiary/aromatic N) is 1. The molecular formula is C17H23FIN3O2S2. The van der Waals surface area contributed by atoms with Crippen LogP contribution in [0.4, 0.5) is 4.39 Å². The van der Waals surface area contributed by atoms with Gasteiger partial charge in [-0.1, -0.05) is 12.1 Å². The van der Waals surface area contributed by atoms with E-state index < -0.39 is 15.7 Å². The number of rotatable bonds is 7. The normalized spacial score (nSPS) is 11.7. The fourth-order valence-electron chi connectivity index (χ4n) is 2.25. The Bertz CT molecular complexity index is 825. The summed E-state index contributed by atoms with van der Waals surface area (Å²) in [4.78, 5) is 5.63.